The Morgan fingerprint density at radius 3 is 2.75 bits per heavy atom. The second kappa shape index (κ2) is 4.57. The first kappa shape index (κ1) is 12.2. The number of hydrogen-bond donors (Lipinski definition) is 1. The van der Waals surface area contributed by atoms with Gasteiger partial charge < -0.3 is 10.6 Å². The van der Waals surface area contributed by atoms with E-state index in [-0.39, 0.29) is 16.7 Å². The predicted molar refractivity (Wildman–Crippen MR) is 68.4 cm³/mol. The molecule has 1 saturated carbocycles. The second-order valence-corrected chi connectivity index (χ2v) is 7.37. The van der Waals surface area contributed by atoms with Crippen LogP contribution in [0.3, 0.4) is 0 Å². The van der Waals surface area contributed by atoms with Crippen molar-refractivity contribution >= 4 is 17.7 Å². The monoisotopic (exact) mass is 242 g/mol. The fourth-order valence-corrected chi connectivity index (χ4v) is 3.85. The van der Waals surface area contributed by atoms with Crippen LogP contribution in [-0.4, -0.2) is 40.4 Å². The van der Waals surface area contributed by atoms with E-state index in [4.69, 9.17) is 5.73 Å². The minimum Gasteiger partial charge on any atom is -0.340 e. The van der Waals surface area contributed by atoms with E-state index < -0.39 is 0 Å². The normalized spacial score (nSPS) is 34.1. The molecule has 2 fully saturated rings. The van der Waals surface area contributed by atoms with Gasteiger partial charge in [-0.3, -0.25) is 4.79 Å². The minimum absolute atomic E-state index is 0.0962. The van der Waals surface area contributed by atoms with Gasteiger partial charge in [-0.1, -0.05) is 6.42 Å². The number of nitrogens with two attached hydrogens (primary N) is 1. The van der Waals surface area contributed by atoms with Crippen LogP contribution in [0.4, 0.5) is 0 Å². The van der Waals surface area contributed by atoms with Gasteiger partial charge in [-0.2, -0.15) is 11.8 Å². The van der Waals surface area contributed by atoms with Crippen molar-refractivity contribution in [2.75, 3.05) is 18.8 Å². The predicted octanol–water partition coefficient (Wildman–Crippen LogP) is 1.47. The molecule has 0 aromatic heterocycles. The van der Waals surface area contributed by atoms with Gasteiger partial charge in [0.05, 0.1) is 5.92 Å². The summed E-state index contributed by atoms with van der Waals surface area (Å²) in [7, 11) is 0. The van der Waals surface area contributed by atoms with Crippen LogP contribution < -0.4 is 5.73 Å². The molecule has 3 nitrogen and oxygen atoms in total. The molecule has 1 heterocycles. The Bertz CT molecular complexity index is 280. The summed E-state index contributed by atoms with van der Waals surface area (Å²) in [6.45, 7) is 6.20. The lowest BCUT2D eigenvalue weighted by Crippen LogP contribution is -2.50. The Balaban J connectivity index is 1.99. The van der Waals surface area contributed by atoms with E-state index in [1.54, 1.807) is 0 Å². The Morgan fingerprint density at radius 2 is 2.19 bits per heavy atom. The molecule has 2 atom stereocenters. The van der Waals surface area contributed by atoms with Crippen LogP contribution in [0.5, 0.6) is 0 Å². The number of rotatable bonds is 1. The summed E-state index contributed by atoms with van der Waals surface area (Å²) in [4.78, 5) is 14.4. The Labute approximate surface area is 102 Å². The highest BCUT2D eigenvalue weighted by Crippen LogP contribution is 2.32. The van der Waals surface area contributed by atoms with E-state index in [2.05, 4.69) is 13.8 Å². The molecule has 1 aliphatic heterocycles. The molecule has 0 aromatic rings. The molecule has 16 heavy (non-hydrogen) atoms. The van der Waals surface area contributed by atoms with Gasteiger partial charge in [0, 0.05) is 29.6 Å². The van der Waals surface area contributed by atoms with E-state index in [1.165, 1.54) is 0 Å². The molecular formula is C12H22N2OS. The minimum atomic E-state index is 0.0962. The fraction of sp³-hybridized carbons (Fsp3) is 0.917. The van der Waals surface area contributed by atoms with Crippen LogP contribution >= 0.6 is 11.8 Å². The van der Waals surface area contributed by atoms with Crippen LogP contribution in [0, 0.1) is 5.92 Å². The molecule has 1 amide bonds. The zero-order chi connectivity index (χ0) is 11.8. The van der Waals surface area contributed by atoms with E-state index >= 15 is 0 Å². The molecule has 4 heteroatoms. The molecule has 1 aliphatic carbocycles. The quantitative estimate of drug-likeness (QED) is 0.757. The Kier molecular flexibility index (Phi) is 3.50. The largest absolute Gasteiger partial charge is 0.340 e. The number of nitrogens with zero attached hydrogens (tertiary/aromatic N) is 1. The average Bonchev–Trinajstić information content (AvgIpc) is 2.62. The van der Waals surface area contributed by atoms with Crippen molar-refractivity contribution in [3.63, 3.8) is 0 Å². The van der Waals surface area contributed by atoms with E-state index in [0.717, 1.165) is 38.1 Å². The van der Waals surface area contributed by atoms with Gasteiger partial charge in [0.25, 0.3) is 0 Å². The van der Waals surface area contributed by atoms with Gasteiger partial charge in [0.15, 0.2) is 0 Å². The lowest BCUT2D eigenvalue weighted by atomic mass is 10.0. The smallest absolute Gasteiger partial charge is 0.227 e. The summed E-state index contributed by atoms with van der Waals surface area (Å²) in [5.74, 6) is 1.46. The topological polar surface area (TPSA) is 46.3 Å². The van der Waals surface area contributed by atoms with Gasteiger partial charge in [-0.05, 0) is 26.7 Å². The van der Waals surface area contributed by atoms with Crippen molar-refractivity contribution in [2.45, 2.75) is 43.9 Å². The van der Waals surface area contributed by atoms with E-state index in [9.17, 15) is 4.79 Å². The highest BCUT2D eigenvalue weighted by molar-refractivity contribution is 8.00. The van der Waals surface area contributed by atoms with Crippen LogP contribution in [0.2, 0.25) is 0 Å². The third-order valence-corrected chi connectivity index (χ3v) is 4.92. The molecule has 0 bridgehead atoms. The maximum Gasteiger partial charge on any atom is 0.227 e. The Morgan fingerprint density at radius 1 is 1.44 bits per heavy atom. The molecule has 2 rings (SSSR count). The van der Waals surface area contributed by atoms with Crippen molar-refractivity contribution in [2.24, 2.45) is 11.7 Å². The van der Waals surface area contributed by atoms with Crippen LogP contribution in [0.1, 0.15) is 33.1 Å². The maximum absolute atomic E-state index is 12.3. The summed E-state index contributed by atoms with van der Waals surface area (Å²) >= 11 is 1.96. The van der Waals surface area contributed by atoms with Crippen molar-refractivity contribution in [1.29, 1.82) is 0 Å². The summed E-state index contributed by atoms with van der Waals surface area (Å²) < 4.78 is 0.205. The first-order valence-electron chi connectivity index (χ1n) is 6.18. The SMILES string of the molecule is CC1(C)CN(C(=O)C2CCCC2N)CCS1. The van der Waals surface area contributed by atoms with Crippen molar-refractivity contribution in [3.8, 4) is 0 Å². The van der Waals surface area contributed by atoms with E-state index in [1.807, 2.05) is 16.7 Å². The molecule has 2 aliphatic rings. The molecule has 0 radical (unpaired) electrons. The number of carbonyl (C=O) groups is 1. The molecule has 0 spiro atoms. The molecular weight excluding hydrogens is 220 g/mol. The van der Waals surface area contributed by atoms with E-state index in [0.29, 0.717) is 5.91 Å². The van der Waals surface area contributed by atoms with Crippen LogP contribution in [0.25, 0.3) is 0 Å². The number of carbonyl (C=O) groups excluding carboxylic acids is 1. The molecule has 0 aromatic carbocycles. The highest BCUT2D eigenvalue weighted by atomic mass is 32.2. The molecule has 2 unspecified atom stereocenters. The van der Waals surface area contributed by atoms with Gasteiger partial charge in [0.1, 0.15) is 0 Å². The first-order valence-corrected chi connectivity index (χ1v) is 7.16. The highest BCUT2D eigenvalue weighted by Gasteiger charge is 2.37. The zero-order valence-corrected chi connectivity index (χ0v) is 11.1. The third kappa shape index (κ3) is 2.54. The van der Waals surface area contributed by atoms with Gasteiger partial charge >= 0.3 is 0 Å². The standard InChI is InChI=1S/C12H22N2OS/c1-12(2)8-14(6-7-16-12)11(15)9-4-3-5-10(9)13/h9-10H,3-8,13H2,1-2H3. The molecule has 92 valence electrons. The average molecular weight is 242 g/mol. The fourth-order valence-electron chi connectivity index (χ4n) is 2.73. The molecule has 1 saturated heterocycles. The number of thioether (sulfide) groups is 1. The summed E-state index contributed by atoms with van der Waals surface area (Å²) in [6, 6.07) is 0.102. The second-order valence-electron chi connectivity index (χ2n) is 5.57. The Hall–Kier alpha value is -0.220. The lowest BCUT2D eigenvalue weighted by Gasteiger charge is -2.39. The van der Waals surface area contributed by atoms with Crippen LogP contribution in [0.15, 0.2) is 0 Å². The van der Waals surface area contributed by atoms with Crippen molar-refractivity contribution < 1.29 is 4.79 Å². The zero-order valence-electron chi connectivity index (χ0n) is 10.2. The maximum atomic E-state index is 12.3. The first-order chi connectivity index (χ1) is 7.49. The summed E-state index contributed by atoms with van der Waals surface area (Å²) in [5, 5.41) is 0. The van der Waals surface area contributed by atoms with Gasteiger partial charge in [-0.15, -0.1) is 0 Å². The van der Waals surface area contributed by atoms with Crippen molar-refractivity contribution in [3.05, 3.63) is 0 Å². The summed E-state index contributed by atoms with van der Waals surface area (Å²) in [6.07, 6.45) is 3.12. The third-order valence-electron chi connectivity index (χ3n) is 3.62. The lowest BCUT2D eigenvalue weighted by molar-refractivity contribution is -0.136. The van der Waals surface area contributed by atoms with Crippen molar-refractivity contribution in [1.82, 2.24) is 4.90 Å². The number of amides is 1. The van der Waals surface area contributed by atoms with Gasteiger partial charge in [-0.25, -0.2) is 0 Å². The summed E-state index contributed by atoms with van der Waals surface area (Å²) in [5.41, 5.74) is 6.00. The molecule has 2 N–H and O–H groups in total. The number of hydrogen-bond acceptors (Lipinski definition) is 3. The van der Waals surface area contributed by atoms with Gasteiger partial charge in [0.2, 0.25) is 5.91 Å². The van der Waals surface area contributed by atoms with Crippen LogP contribution in [-0.2, 0) is 4.79 Å².